The molecule has 3 heteroatoms. The van der Waals surface area contributed by atoms with Crippen molar-refractivity contribution >= 4 is 0 Å². The van der Waals surface area contributed by atoms with Crippen LogP contribution in [0.5, 0.6) is 0 Å². The number of hydrogen-bond acceptors (Lipinski definition) is 3. The van der Waals surface area contributed by atoms with Crippen molar-refractivity contribution in [2.75, 3.05) is 26.7 Å². The standard InChI is InChI=1S/C15H31N3/c1-15(2,12-7-9-18(3)10-8-12)11-17-14-6-4-5-13(14)16/h12-14,17H,4-11,16H2,1-3H3. The Bertz CT molecular complexity index is 256. The van der Waals surface area contributed by atoms with Gasteiger partial charge in [-0.25, -0.2) is 0 Å². The van der Waals surface area contributed by atoms with Gasteiger partial charge >= 0.3 is 0 Å². The topological polar surface area (TPSA) is 41.3 Å². The van der Waals surface area contributed by atoms with E-state index < -0.39 is 0 Å². The van der Waals surface area contributed by atoms with Crippen LogP contribution < -0.4 is 11.1 Å². The lowest BCUT2D eigenvalue weighted by atomic mass is 9.73. The highest BCUT2D eigenvalue weighted by Gasteiger charge is 2.33. The first kappa shape index (κ1) is 14.3. The zero-order valence-corrected chi connectivity index (χ0v) is 12.4. The molecule has 3 nitrogen and oxygen atoms in total. The second-order valence-electron chi connectivity index (χ2n) is 7.15. The van der Waals surface area contributed by atoms with Crippen molar-refractivity contribution in [1.29, 1.82) is 0 Å². The lowest BCUT2D eigenvalue weighted by molar-refractivity contribution is 0.110. The van der Waals surface area contributed by atoms with Crippen LogP contribution in [0.3, 0.4) is 0 Å². The average Bonchev–Trinajstić information content (AvgIpc) is 2.73. The number of nitrogens with two attached hydrogens (primary N) is 1. The van der Waals surface area contributed by atoms with Crippen LogP contribution >= 0.6 is 0 Å². The molecule has 0 spiro atoms. The van der Waals surface area contributed by atoms with Gasteiger partial charge in [-0.1, -0.05) is 20.3 Å². The molecule has 0 amide bonds. The fourth-order valence-corrected chi connectivity index (χ4v) is 3.57. The van der Waals surface area contributed by atoms with Gasteiger partial charge in [-0.15, -0.1) is 0 Å². The highest BCUT2D eigenvalue weighted by Crippen LogP contribution is 2.34. The van der Waals surface area contributed by atoms with E-state index in [0.29, 0.717) is 17.5 Å². The Balaban J connectivity index is 1.79. The minimum absolute atomic E-state index is 0.387. The second kappa shape index (κ2) is 5.89. The Hall–Kier alpha value is -0.120. The zero-order chi connectivity index (χ0) is 13.2. The summed E-state index contributed by atoms with van der Waals surface area (Å²) in [5.41, 5.74) is 6.54. The first-order valence-electron chi connectivity index (χ1n) is 7.66. The molecule has 2 atom stereocenters. The smallest absolute Gasteiger partial charge is 0.0219 e. The third kappa shape index (κ3) is 3.46. The largest absolute Gasteiger partial charge is 0.326 e. The molecule has 1 aliphatic heterocycles. The van der Waals surface area contributed by atoms with Crippen LogP contribution in [0, 0.1) is 11.3 Å². The molecule has 2 unspecified atom stereocenters. The summed E-state index contributed by atoms with van der Waals surface area (Å²) in [6.07, 6.45) is 6.47. The average molecular weight is 253 g/mol. The van der Waals surface area contributed by atoms with Crippen LogP contribution in [0.4, 0.5) is 0 Å². The Kier molecular flexibility index (Phi) is 4.68. The van der Waals surface area contributed by atoms with Crippen molar-refractivity contribution in [3.05, 3.63) is 0 Å². The molecule has 1 saturated carbocycles. The van der Waals surface area contributed by atoms with Gasteiger partial charge in [0, 0.05) is 18.6 Å². The summed E-state index contributed by atoms with van der Waals surface area (Å²) in [5.74, 6) is 0.860. The Morgan fingerprint density at radius 1 is 1.17 bits per heavy atom. The van der Waals surface area contributed by atoms with Crippen LogP contribution in [0.1, 0.15) is 46.0 Å². The summed E-state index contributed by atoms with van der Waals surface area (Å²) in [4.78, 5) is 2.45. The Morgan fingerprint density at radius 3 is 2.39 bits per heavy atom. The fraction of sp³-hybridized carbons (Fsp3) is 1.00. The van der Waals surface area contributed by atoms with Crippen LogP contribution in [0.25, 0.3) is 0 Å². The predicted octanol–water partition coefficient (Wildman–Crippen LogP) is 1.82. The van der Waals surface area contributed by atoms with Crippen molar-refractivity contribution in [1.82, 2.24) is 10.2 Å². The molecule has 1 saturated heterocycles. The van der Waals surface area contributed by atoms with E-state index in [2.05, 4.69) is 31.1 Å². The van der Waals surface area contributed by atoms with E-state index >= 15 is 0 Å². The molecule has 1 aliphatic carbocycles. The minimum Gasteiger partial charge on any atom is -0.326 e. The molecule has 3 N–H and O–H groups in total. The summed E-state index contributed by atoms with van der Waals surface area (Å²) >= 11 is 0. The fourth-order valence-electron chi connectivity index (χ4n) is 3.57. The number of likely N-dealkylation sites (tertiary alicyclic amines) is 1. The lowest BCUT2D eigenvalue weighted by Crippen LogP contribution is -2.47. The molecule has 2 aliphatic rings. The van der Waals surface area contributed by atoms with E-state index in [1.807, 2.05) is 0 Å². The van der Waals surface area contributed by atoms with Gasteiger partial charge in [0.15, 0.2) is 0 Å². The van der Waals surface area contributed by atoms with Crippen molar-refractivity contribution in [2.45, 2.75) is 58.0 Å². The molecule has 0 bridgehead atoms. The predicted molar refractivity (Wildman–Crippen MR) is 77.6 cm³/mol. The first-order chi connectivity index (χ1) is 8.49. The molecular formula is C15H31N3. The molecule has 2 rings (SSSR count). The number of piperidine rings is 1. The number of rotatable bonds is 4. The number of nitrogens with zero attached hydrogens (tertiary/aromatic N) is 1. The van der Waals surface area contributed by atoms with E-state index in [-0.39, 0.29) is 0 Å². The Morgan fingerprint density at radius 2 is 1.83 bits per heavy atom. The maximum absolute atomic E-state index is 6.14. The molecular weight excluding hydrogens is 222 g/mol. The lowest BCUT2D eigenvalue weighted by Gasteiger charge is -2.40. The van der Waals surface area contributed by atoms with Gasteiger partial charge in [-0.2, -0.15) is 0 Å². The van der Waals surface area contributed by atoms with E-state index in [0.717, 1.165) is 12.5 Å². The maximum Gasteiger partial charge on any atom is 0.0219 e. The molecule has 106 valence electrons. The molecule has 0 aromatic carbocycles. The third-order valence-electron chi connectivity index (χ3n) is 5.21. The van der Waals surface area contributed by atoms with Gasteiger partial charge in [-0.3, -0.25) is 0 Å². The van der Waals surface area contributed by atoms with Gasteiger partial charge in [0.1, 0.15) is 0 Å². The van der Waals surface area contributed by atoms with Crippen LogP contribution in [0.15, 0.2) is 0 Å². The highest BCUT2D eigenvalue weighted by molar-refractivity contribution is 4.90. The van der Waals surface area contributed by atoms with Gasteiger partial charge in [-0.05, 0) is 57.2 Å². The summed E-state index contributed by atoms with van der Waals surface area (Å²) < 4.78 is 0. The monoisotopic (exact) mass is 253 g/mol. The van der Waals surface area contributed by atoms with Crippen molar-refractivity contribution < 1.29 is 0 Å². The SMILES string of the molecule is CN1CCC(C(C)(C)CNC2CCCC2N)CC1. The highest BCUT2D eigenvalue weighted by atomic mass is 15.1. The molecule has 18 heavy (non-hydrogen) atoms. The molecule has 0 aromatic rings. The van der Waals surface area contributed by atoms with Gasteiger partial charge in [0.05, 0.1) is 0 Å². The molecule has 0 radical (unpaired) electrons. The minimum atomic E-state index is 0.387. The number of nitrogens with one attached hydrogen (secondary N) is 1. The third-order valence-corrected chi connectivity index (χ3v) is 5.21. The van der Waals surface area contributed by atoms with Crippen molar-refractivity contribution in [3.8, 4) is 0 Å². The molecule has 1 heterocycles. The quantitative estimate of drug-likeness (QED) is 0.803. The first-order valence-corrected chi connectivity index (χ1v) is 7.66. The summed E-state index contributed by atoms with van der Waals surface area (Å²) in [5, 5.41) is 3.74. The Labute approximate surface area is 112 Å². The van der Waals surface area contributed by atoms with Crippen LogP contribution in [-0.2, 0) is 0 Å². The normalized spacial score (nSPS) is 32.0. The van der Waals surface area contributed by atoms with Gasteiger partial charge in [0.2, 0.25) is 0 Å². The van der Waals surface area contributed by atoms with Crippen molar-refractivity contribution in [2.24, 2.45) is 17.1 Å². The summed E-state index contributed by atoms with van der Waals surface area (Å²) in [7, 11) is 2.24. The second-order valence-corrected chi connectivity index (χ2v) is 7.15. The van der Waals surface area contributed by atoms with Crippen molar-refractivity contribution in [3.63, 3.8) is 0 Å². The molecule has 2 fully saturated rings. The number of hydrogen-bond donors (Lipinski definition) is 2. The summed E-state index contributed by atoms with van der Waals surface area (Å²) in [6, 6.07) is 0.953. The van der Waals surface area contributed by atoms with Crippen LogP contribution in [0.2, 0.25) is 0 Å². The summed E-state index contributed by atoms with van der Waals surface area (Å²) in [6.45, 7) is 8.50. The molecule has 0 aromatic heterocycles. The van der Waals surface area contributed by atoms with E-state index in [9.17, 15) is 0 Å². The zero-order valence-electron chi connectivity index (χ0n) is 12.4. The van der Waals surface area contributed by atoms with E-state index in [4.69, 9.17) is 5.73 Å². The maximum atomic E-state index is 6.14. The van der Waals surface area contributed by atoms with E-state index in [1.54, 1.807) is 0 Å². The van der Waals surface area contributed by atoms with Crippen LogP contribution in [-0.4, -0.2) is 43.7 Å². The van der Waals surface area contributed by atoms with E-state index in [1.165, 1.54) is 45.2 Å². The van der Waals surface area contributed by atoms with Gasteiger partial charge in [0.25, 0.3) is 0 Å². The van der Waals surface area contributed by atoms with Gasteiger partial charge < -0.3 is 16.0 Å².